The van der Waals surface area contributed by atoms with Crippen molar-refractivity contribution in [3.8, 4) is 0 Å². The van der Waals surface area contributed by atoms with Crippen LogP contribution in [0.4, 0.5) is 11.4 Å². The summed E-state index contributed by atoms with van der Waals surface area (Å²) in [5, 5.41) is 0. The van der Waals surface area contributed by atoms with Crippen LogP contribution in [0.2, 0.25) is 0 Å². The van der Waals surface area contributed by atoms with Gasteiger partial charge in [-0.05, 0) is 30.7 Å². The van der Waals surface area contributed by atoms with Gasteiger partial charge in [0.15, 0.2) is 0 Å². The molecule has 1 saturated heterocycles. The normalized spacial score (nSPS) is 16.7. The van der Waals surface area contributed by atoms with E-state index in [2.05, 4.69) is 56.8 Å². The molecule has 0 aliphatic carbocycles. The van der Waals surface area contributed by atoms with Crippen molar-refractivity contribution in [2.24, 2.45) is 7.05 Å². The predicted octanol–water partition coefficient (Wildman–Crippen LogP) is 1.11. The number of hydrogen-bond donors (Lipinski definition) is 1. The van der Waals surface area contributed by atoms with E-state index in [1.54, 1.807) is 0 Å². The molecule has 0 atom stereocenters. The fraction of sp³-hybridized carbons (Fsp3) is 0.471. The number of aryl methyl sites for hydroxylation is 1. The number of nitrogens with two attached hydrogens (primary N) is 1. The van der Waals surface area contributed by atoms with E-state index in [4.69, 9.17) is 5.73 Å². The number of imidazole rings is 1. The van der Waals surface area contributed by atoms with Crippen molar-refractivity contribution in [3.63, 3.8) is 0 Å². The number of nitrogen functional groups attached to an aromatic ring is 1. The maximum atomic E-state index is 5.77. The molecular weight excluding hydrogens is 274 g/mol. The second-order valence-electron chi connectivity index (χ2n) is 6.09. The monoisotopic (exact) mass is 300 g/mol. The molecule has 5 heteroatoms. The average Bonchev–Trinajstić information content (AvgIpc) is 2.80. The van der Waals surface area contributed by atoms with Crippen molar-refractivity contribution >= 4 is 11.4 Å². The highest BCUT2D eigenvalue weighted by Crippen LogP contribution is 2.18. The molecule has 2 heterocycles. The standard InChI is InChI=1S/C17H26N5/c1-19-9-10-21(15-19)12-11-20-7-2-8-22(14-13-20)17-5-3-16(18)4-6-17/h3-6,9-10,15H,2,7-8,11-14,18H2,1H3/q+1. The van der Waals surface area contributed by atoms with Crippen LogP contribution in [0.25, 0.3) is 0 Å². The zero-order valence-corrected chi connectivity index (χ0v) is 13.4. The van der Waals surface area contributed by atoms with Gasteiger partial charge in [0.2, 0.25) is 6.33 Å². The van der Waals surface area contributed by atoms with E-state index in [0.717, 1.165) is 38.4 Å². The van der Waals surface area contributed by atoms with Crippen molar-refractivity contribution in [2.45, 2.75) is 13.0 Å². The summed E-state index contributed by atoms with van der Waals surface area (Å²) < 4.78 is 4.34. The van der Waals surface area contributed by atoms with Crippen molar-refractivity contribution in [3.05, 3.63) is 43.0 Å². The highest BCUT2D eigenvalue weighted by atomic mass is 15.2. The van der Waals surface area contributed by atoms with E-state index in [-0.39, 0.29) is 0 Å². The van der Waals surface area contributed by atoms with Gasteiger partial charge in [0.05, 0.1) is 7.05 Å². The molecule has 22 heavy (non-hydrogen) atoms. The summed E-state index contributed by atoms with van der Waals surface area (Å²) >= 11 is 0. The van der Waals surface area contributed by atoms with Crippen molar-refractivity contribution in [1.82, 2.24) is 9.47 Å². The SMILES string of the molecule is C[n+]1ccn(CCN2CCCN(c3ccc(N)cc3)CC2)c1. The lowest BCUT2D eigenvalue weighted by molar-refractivity contribution is -0.671. The lowest BCUT2D eigenvalue weighted by atomic mass is 10.2. The summed E-state index contributed by atoms with van der Waals surface area (Å²) in [7, 11) is 2.06. The van der Waals surface area contributed by atoms with Crippen LogP contribution < -0.4 is 15.2 Å². The molecular formula is C17H26N5+. The minimum Gasteiger partial charge on any atom is -0.399 e. The summed E-state index contributed by atoms with van der Waals surface area (Å²) in [5.41, 5.74) is 7.89. The molecule has 1 aliphatic heterocycles. The van der Waals surface area contributed by atoms with E-state index in [1.807, 2.05) is 12.1 Å². The Bertz CT molecular complexity index is 589. The Hall–Kier alpha value is -2.01. The van der Waals surface area contributed by atoms with Gasteiger partial charge >= 0.3 is 0 Å². The first-order chi connectivity index (χ1) is 10.7. The van der Waals surface area contributed by atoms with Gasteiger partial charge in [0.25, 0.3) is 0 Å². The molecule has 0 unspecified atom stereocenters. The van der Waals surface area contributed by atoms with E-state index >= 15 is 0 Å². The summed E-state index contributed by atoms with van der Waals surface area (Å²) in [6.45, 7) is 6.69. The number of benzene rings is 1. The van der Waals surface area contributed by atoms with Gasteiger partial charge in [-0.1, -0.05) is 0 Å². The van der Waals surface area contributed by atoms with Crippen LogP contribution in [0.1, 0.15) is 6.42 Å². The Morgan fingerprint density at radius 2 is 1.86 bits per heavy atom. The Labute approximate surface area is 132 Å². The Balaban J connectivity index is 1.52. The highest BCUT2D eigenvalue weighted by molar-refractivity contribution is 5.53. The summed E-state index contributed by atoms with van der Waals surface area (Å²) in [6, 6.07) is 8.24. The van der Waals surface area contributed by atoms with Crippen LogP contribution in [-0.4, -0.2) is 42.2 Å². The quantitative estimate of drug-likeness (QED) is 0.679. The minimum atomic E-state index is 0.833. The maximum absolute atomic E-state index is 5.77. The van der Waals surface area contributed by atoms with E-state index in [0.29, 0.717) is 0 Å². The molecule has 0 spiro atoms. The second kappa shape index (κ2) is 6.83. The molecule has 0 radical (unpaired) electrons. The third-order valence-electron chi connectivity index (χ3n) is 4.34. The first kappa shape index (κ1) is 14.9. The lowest BCUT2D eigenvalue weighted by Crippen LogP contribution is -2.33. The lowest BCUT2D eigenvalue weighted by Gasteiger charge is -2.23. The Morgan fingerprint density at radius 3 is 2.59 bits per heavy atom. The average molecular weight is 300 g/mol. The number of rotatable bonds is 4. The van der Waals surface area contributed by atoms with Gasteiger partial charge in [0.1, 0.15) is 18.9 Å². The third-order valence-corrected chi connectivity index (χ3v) is 4.34. The Kier molecular flexibility index (Phi) is 4.63. The predicted molar refractivity (Wildman–Crippen MR) is 89.7 cm³/mol. The number of aromatic nitrogens is 2. The van der Waals surface area contributed by atoms with Gasteiger partial charge in [-0.2, -0.15) is 0 Å². The molecule has 118 valence electrons. The fourth-order valence-electron chi connectivity index (χ4n) is 3.03. The van der Waals surface area contributed by atoms with E-state index in [9.17, 15) is 0 Å². The highest BCUT2D eigenvalue weighted by Gasteiger charge is 2.15. The second-order valence-corrected chi connectivity index (χ2v) is 6.09. The molecule has 0 bridgehead atoms. The zero-order valence-electron chi connectivity index (χ0n) is 13.4. The number of nitrogens with zero attached hydrogens (tertiary/aromatic N) is 4. The van der Waals surface area contributed by atoms with Crippen LogP contribution in [0.15, 0.2) is 43.0 Å². The molecule has 1 aliphatic rings. The van der Waals surface area contributed by atoms with Gasteiger partial charge in [0, 0.05) is 44.1 Å². The van der Waals surface area contributed by atoms with Crippen LogP contribution in [0.5, 0.6) is 0 Å². The van der Waals surface area contributed by atoms with E-state index in [1.165, 1.54) is 18.7 Å². The smallest absolute Gasteiger partial charge is 0.243 e. The fourth-order valence-corrected chi connectivity index (χ4v) is 3.03. The molecule has 0 amide bonds. The molecule has 5 nitrogen and oxygen atoms in total. The molecule has 1 aromatic carbocycles. The molecule has 2 N–H and O–H groups in total. The molecule has 1 aromatic heterocycles. The van der Waals surface area contributed by atoms with Crippen LogP contribution >= 0.6 is 0 Å². The number of hydrogen-bond acceptors (Lipinski definition) is 3. The summed E-state index contributed by atoms with van der Waals surface area (Å²) in [6.07, 6.45) is 7.58. The summed E-state index contributed by atoms with van der Waals surface area (Å²) in [5.74, 6) is 0. The number of anilines is 2. The first-order valence-corrected chi connectivity index (χ1v) is 8.04. The minimum absolute atomic E-state index is 0.833. The Morgan fingerprint density at radius 1 is 1.05 bits per heavy atom. The van der Waals surface area contributed by atoms with Gasteiger partial charge in [-0.3, -0.25) is 4.90 Å². The van der Waals surface area contributed by atoms with Crippen LogP contribution in [0, 0.1) is 0 Å². The van der Waals surface area contributed by atoms with E-state index < -0.39 is 0 Å². The van der Waals surface area contributed by atoms with Gasteiger partial charge in [-0.25, -0.2) is 9.13 Å². The third kappa shape index (κ3) is 3.80. The van der Waals surface area contributed by atoms with Crippen molar-refractivity contribution < 1.29 is 4.57 Å². The van der Waals surface area contributed by atoms with Gasteiger partial charge < -0.3 is 10.6 Å². The topological polar surface area (TPSA) is 41.3 Å². The van der Waals surface area contributed by atoms with Crippen molar-refractivity contribution in [1.29, 1.82) is 0 Å². The largest absolute Gasteiger partial charge is 0.399 e. The molecule has 1 fully saturated rings. The summed E-state index contributed by atoms with van der Waals surface area (Å²) in [4.78, 5) is 5.03. The zero-order chi connectivity index (χ0) is 15.4. The maximum Gasteiger partial charge on any atom is 0.243 e. The first-order valence-electron chi connectivity index (χ1n) is 8.04. The van der Waals surface area contributed by atoms with Crippen LogP contribution in [0.3, 0.4) is 0 Å². The van der Waals surface area contributed by atoms with Crippen LogP contribution in [-0.2, 0) is 13.6 Å². The van der Waals surface area contributed by atoms with Crippen molar-refractivity contribution in [2.75, 3.05) is 43.4 Å². The molecule has 3 rings (SSSR count). The van der Waals surface area contributed by atoms with Gasteiger partial charge in [-0.15, -0.1) is 0 Å². The molecule has 0 saturated carbocycles. The molecule has 2 aromatic rings.